The van der Waals surface area contributed by atoms with Gasteiger partial charge in [-0.2, -0.15) is 39.5 Å². The Hall–Kier alpha value is -2.75. The van der Waals surface area contributed by atoms with Crippen molar-refractivity contribution in [2.75, 3.05) is 19.8 Å². The molecule has 0 spiro atoms. The molecule has 0 fully saturated rings. The van der Waals surface area contributed by atoms with Crippen molar-refractivity contribution in [3.63, 3.8) is 0 Å². The van der Waals surface area contributed by atoms with Crippen LogP contribution in [0.5, 0.6) is 0 Å². The normalized spacial score (nSPS) is 12.7. The predicted octanol–water partition coefficient (Wildman–Crippen LogP) is 2.39. The highest BCUT2D eigenvalue weighted by atomic mass is 19.4. The van der Waals surface area contributed by atoms with Crippen LogP contribution in [0.4, 0.5) is 39.5 Å². The lowest BCUT2D eigenvalue weighted by Crippen LogP contribution is -2.49. The average Bonchev–Trinajstić information content (AvgIpc) is 2.53. The number of ether oxygens (including phenoxy) is 4. The van der Waals surface area contributed by atoms with Gasteiger partial charge in [-0.15, -0.1) is 0 Å². The first-order valence-electron chi connectivity index (χ1n) is 7.63. The summed E-state index contributed by atoms with van der Waals surface area (Å²) in [6, 6.07) is 0. The summed E-state index contributed by atoms with van der Waals surface area (Å²) in [5.74, 6) is -7.85. The molecule has 0 N–H and O–H groups in total. The van der Waals surface area contributed by atoms with Crippen molar-refractivity contribution in [2.45, 2.75) is 43.9 Å². The van der Waals surface area contributed by atoms with Gasteiger partial charge in [0.1, 0.15) is 0 Å². The number of hydrogen-bond donors (Lipinski definition) is 0. The van der Waals surface area contributed by atoms with Crippen LogP contribution in [0.1, 0.15) is 19.8 Å². The molecular formula is C14H13F9O8. The SMILES string of the molecule is CC(=O)OC(CC(=O)OCC(F)(F)F)(CC(=O)OCC(F)(F)F)C(=O)OCC(F)(F)F. The van der Waals surface area contributed by atoms with Crippen molar-refractivity contribution in [3.8, 4) is 0 Å². The molecular weight excluding hydrogens is 467 g/mol. The van der Waals surface area contributed by atoms with Gasteiger partial charge >= 0.3 is 42.4 Å². The lowest BCUT2D eigenvalue weighted by atomic mass is 9.95. The molecule has 0 heterocycles. The standard InChI is InChI=1S/C14H13F9O8/c1-7(24)31-11(10(27)30-6-14(21,22)23,2-8(25)28-4-12(15,16)17)3-9(26)29-5-13(18,19)20/h2-6H2,1H3. The summed E-state index contributed by atoms with van der Waals surface area (Å²) < 4.78 is 125. The van der Waals surface area contributed by atoms with Crippen molar-refractivity contribution in [1.82, 2.24) is 0 Å². The maximum atomic E-state index is 12.3. The molecule has 0 bridgehead atoms. The van der Waals surface area contributed by atoms with Gasteiger partial charge in [0.15, 0.2) is 19.8 Å². The highest BCUT2D eigenvalue weighted by Crippen LogP contribution is 2.28. The van der Waals surface area contributed by atoms with Crippen LogP contribution in [-0.2, 0) is 38.1 Å². The zero-order valence-electron chi connectivity index (χ0n) is 15.2. The Bertz CT molecular complexity index is 634. The van der Waals surface area contributed by atoms with Crippen molar-refractivity contribution >= 4 is 23.9 Å². The molecule has 17 heteroatoms. The molecule has 0 rings (SSSR count). The number of alkyl halides is 9. The summed E-state index contributed by atoms with van der Waals surface area (Å²) in [6.07, 6.45) is -18.9. The predicted molar refractivity (Wildman–Crippen MR) is 74.8 cm³/mol. The molecule has 0 saturated heterocycles. The van der Waals surface area contributed by atoms with Crippen LogP contribution in [0, 0.1) is 0 Å². The van der Waals surface area contributed by atoms with Crippen LogP contribution in [-0.4, -0.2) is 67.8 Å². The van der Waals surface area contributed by atoms with Crippen LogP contribution < -0.4 is 0 Å². The third kappa shape index (κ3) is 13.2. The first-order chi connectivity index (χ1) is 13.7. The molecule has 0 saturated carbocycles. The summed E-state index contributed by atoms with van der Waals surface area (Å²) in [4.78, 5) is 46.5. The Kier molecular flexibility index (Phi) is 9.59. The van der Waals surface area contributed by atoms with E-state index in [0.717, 1.165) is 0 Å². The molecule has 0 aliphatic carbocycles. The van der Waals surface area contributed by atoms with Crippen LogP contribution in [0.3, 0.4) is 0 Å². The monoisotopic (exact) mass is 480 g/mol. The highest BCUT2D eigenvalue weighted by molar-refractivity contribution is 5.92. The van der Waals surface area contributed by atoms with Crippen molar-refractivity contribution < 1.29 is 77.6 Å². The molecule has 180 valence electrons. The van der Waals surface area contributed by atoms with Crippen LogP contribution in [0.2, 0.25) is 0 Å². The van der Waals surface area contributed by atoms with E-state index in [9.17, 15) is 58.7 Å². The molecule has 0 aliphatic rings. The Morgan fingerprint density at radius 2 is 0.935 bits per heavy atom. The fourth-order valence-corrected chi connectivity index (χ4v) is 1.77. The summed E-state index contributed by atoms with van der Waals surface area (Å²) in [6.45, 7) is -6.33. The molecule has 0 amide bonds. The maximum Gasteiger partial charge on any atom is 0.422 e. The van der Waals surface area contributed by atoms with E-state index in [1.807, 2.05) is 0 Å². The van der Waals surface area contributed by atoms with Gasteiger partial charge in [-0.25, -0.2) is 4.79 Å². The molecule has 0 aromatic carbocycles. The number of halogens is 9. The van der Waals surface area contributed by atoms with E-state index in [1.165, 1.54) is 0 Å². The van der Waals surface area contributed by atoms with E-state index >= 15 is 0 Å². The summed E-state index contributed by atoms with van der Waals surface area (Å²) in [5.41, 5.74) is -3.40. The Morgan fingerprint density at radius 3 is 1.23 bits per heavy atom. The Morgan fingerprint density at radius 1 is 0.613 bits per heavy atom. The summed E-state index contributed by atoms with van der Waals surface area (Å²) in [5, 5.41) is 0. The van der Waals surface area contributed by atoms with Crippen LogP contribution in [0.15, 0.2) is 0 Å². The number of esters is 4. The Labute approximate surface area is 166 Å². The van der Waals surface area contributed by atoms with Gasteiger partial charge in [-0.05, 0) is 0 Å². The number of carbonyl (C=O) groups is 4. The second-order valence-electron chi connectivity index (χ2n) is 5.68. The minimum atomic E-state index is -5.18. The van der Waals surface area contributed by atoms with Gasteiger partial charge in [0.25, 0.3) is 0 Å². The largest absolute Gasteiger partial charge is 0.456 e. The average molecular weight is 480 g/mol. The third-order valence-corrected chi connectivity index (χ3v) is 2.73. The lowest BCUT2D eigenvalue weighted by molar-refractivity contribution is -0.212. The van der Waals surface area contributed by atoms with Gasteiger partial charge in [-0.1, -0.05) is 0 Å². The quantitative estimate of drug-likeness (QED) is 0.282. The molecule has 31 heavy (non-hydrogen) atoms. The van der Waals surface area contributed by atoms with Crippen molar-refractivity contribution in [3.05, 3.63) is 0 Å². The minimum absolute atomic E-state index is 0.508. The van der Waals surface area contributed by atoms with Crippen LogP contribution in [0.25, 0.3) is 0 Å². The molecule has 0 aliphatic heterocycles. The maximum absolute atomic E-state index is 12.3. The molecule has 0 atom stereocenters. The lowest BCUT2D eigenvalue weighted by Gasteiger charge is -2.29. The van der Waals surface area contributed by atoms with E-state index < -0.39 is 80.7 Å². The zero-order valence-corrected chi connectivity index (χ0v) is 15.2. The molecule has 0 aromatic rings. The van der Waals surface area contributed by atoms with E-state index in [2.05, 4.69) is 18.9 Å². The van der Waals surface area contributed by atoms with E-state index in [0.29, 0.717) is 6.92 Å². The smallest absolute Gasteiger partial charge is 0.422 e. The second kappa shape index (κ2) is 10.5. The number of rotatable bonds is 9. The van der Waals surface area contributed by atoms with Gasteiger partial charge < -0.3 is 18.9 Å². The zero-order chi connectivity index (χ0) is 24.7. The first-order valence-corrected chi connectivity index (χ1v) is 7.63. The van der Waals surface area contributed by atoms with Crippen molar-refractivity contribution in [1.29, 1.82) is 0 Å². The minimum Gasteiger partial charge on any atom is -0.456 e. The van der Waals surface area contributed by atoms with Crippen LogP contribution >= 0.6 is 0 Å². The van der Waals surface area contributed by atoms with Gasteiger partial charge in [-0.3, -0.25) is 14.4 Å². The second-order valence-corrected chi connectivity index (χ2v) is 5.68. The molecule has 0 aromatic heterocycles. The van der Waals surface area contributed by atoms with E-state index in [4.69, 9.17) is 0 Å². The van der Waals surface area contributed by atoms with E-state index in [1.54, 1.807) is 0 Å². The Balaban J connectivity index is 5.79. The fourth-order valence-electron chi connectivity index (χ4n) is 1.77. The van der Waals surface area contributed by atoms with Gasteiger partial charge in [0.2, 0.25) is 5.60 Å². The van der Waals surface area contributed by atoms with E-state index in [-0.39, 0.29) is 0 Å². The molecule has 0 unspecified atom stereocenters. The van der Waals surface area contributed by atoms with Crippen molar-refractivity contribution in [2.24, 2.45) is 0 Å². The van der Waals surface area contributed by atoms with Gasteiger partial charge in [0, 0.05) is 6.92 Å². The number of hydrogen-bond acceptors (Lipinski definition) is 8. The summed E-state index contributed by atoms with van der Waals surface area (Å²) >= 11 is 0. The number of carbonyl (C=O) groups excluding carboxylic acids is 4. The highest BCUT2D eigenvalue weighted by Gasteiger charge is 2.50. The first kappa shape index (κ1) is 28.2. The third-order valence-electron chi connectivity index (χ3n) is 2.73. The van der Waals surface area contributed by atoms with Gasteiger partial charge in [0.05, 0.1) is 12.8 Å². The summed E-state index contributed by atoms with van der Waals surface area (Å²) in [7, 11) is 0. The topological polar surface area (TPSA) is 105 Å². The fraction of sp³-hybridized carbons (Fsp3) is 0.714. The molecule has 8 nitrogen and oxygen atoms in total. The molecule has 0 radical (unpaired) electrons.